The molecule has 0 unspecified atom stereocenters. The fourth-order valence-corrected chi connectivity index (χ4v) is 3.69. The van der Waals surface area contributed by atoms with Crippen LogP contribution in [0.3, 0.4) is 0 Å². The lowest BCUT2D eigenvalue weighted by atomic mass is 10.0. The molecule has 3 rings (SSSR count). The van der Waals surface area contributed by atoms with Gasteiger partial charge in [-0.25, -0.2) is 0 Å². The summed E-state index contributed by atoms with van der Waals surface area (Å²) in [6.45, 7) is 5.95. The van der Waals surface area contributed by atoms with Gasteiger partial charge in [0.15, 0.2) is 0 Å². The van der Waals surface area contributed by atoms with Crippen LogP contribution in [0.2, 0.25) is 0 Å². The van der Waals surface area contributed by atoms with Gasteiger partial charge in [0.2, 0.25) is 11.7 Å². The van der Waals surface area contributed by atoms with Gasteiger partial charge in [0.05, 0.1) is 5.69 Å². The van der Waals surface area contributed by atoms with E-state index in [0.29, 0.717) is 30.4 Å². The molecule has 0 fully saturated rings. The van der Waals surface area contributed by atoms with Gasteiger partial charge in [0, 0.05) is 29.9 Å². The molecule has 2 heterocycles. The van der Waals surface area contributed by atoms with Gasteiger partial charge in [-0.1, -0.05) is 12.1 Å². The molecular formula is C25H33N5O5. The molecule has 0 saturated carbocycles. The summed E-state index contributed by atoms with van der Waals surface area (Å²) in [7, 11) is 3.98. The van der Waals surface area contributed by atoms with Crippen molar-refractivity contribution >= 4 is 5.91 Å². The average molecular weight is 484 g/mol. The van der Waals surface area contributed by atoms with Crippen LogP contribution in [0.5, 0.6) is 5.75 Å². The number of hydrogen-bond acceptors (Lipinski definition) is 9. The minimum Gasteiger partial charge on any atom is -0.490 e. The number of nitrogens with one attached hydrogen (secondary N) is 1. The van der Waals surface area contributed by atoms with Crippen molar-refractivity contribution in [1.29, 1.82) is 0 Å². The van der Waals surface area contributed by atoms with Gasteiger partial charge in [-0.2, -0.15) is 4.98 Å². The van der Waals surface area contributed by atoms with Crippen molar-refractivity contribution in [1.82, 2.24) is 25.3 Å². The molecule has 10 heteroatoms. The van der Waals surface area contributed by atoms with Crippen molar-refractivity contribution in [3.05, 3.63) is 46.8 Å². The van der Waals surface area contributed by atoms with E-state index in [0.717, 1.165) is 33.6 Å². The molecule has 0 radical (unpaired) electrons. The van der Waals surface area contributed by atoms with Crippen molar-refractivity contribution in [2.24, 2.45) is 0 Å². The number of rotatable bonds is 11. The van der Waals surface area contributed by atoms with E-state index in [1.165, 1.54) is 0 Å². The number of aliphatic hydroxyl groups is 2. The number of carbonyl (C=O) groups is 1. The first-order valence-corrected chi connectivity index (χ1v) is 11.5. The standard InChI is InChI=1S/C25H33N5O5/c1-6-17-9-18(7-15(2)23(17)34-14-21(32)11-26-22(33)13-31)24-28-25(35-29-24)19-8-16(3)27-20(10-19)12-30(4)5/h7-10,21,31-32H,6,11-14H2,1-5H3,(H,26,33)/t21-/m0/s1. The third-order valence-corrected chi connectivity index (χ3v) is 5.25. The second-order valence-corrected chi connectivity index (χ2v) is 8.71. The predicted molar refractivity (Wildman–Crippen MR) is 131 cm³/mol. The van der Waals surface area contributed by atoms with Crippen LogP contribution in [-0.4, -0.2) is 76.1 Å². The third kappa shape index (κ3) is 7.08. The fourth-order valence-electron chi connectivity index (χ4n) is 3.69. The van der Waals surface area contributed by atoms with Crippen molar-refractivity contribution in [2.75, 3.05) is 33.9 Å². The third-order valence-electron chi connectivity index (χ3n) is 5.25. The predicted octanol–water partition coefficient (Wildman–Crippen LogP) is 1.89. The fraction of sp³-hybridized carbons (Fsp3) is 0.440. The number of nitrogens with zero attached hydrogens (tertiary/aromatic N) is 4. The number of aryl methyl sites for hydroxylation is 3. The van der Waals surface area contributed by atoms with E-state index >= 15 is 0 Å². The molecule has 1 amide bonds. The summed E-state index contributed by atoms with van der Waals surface area (Å²) in [5.74, 6) is 1.02. The zero-order chi connectivity index (χ0) is 25.5. The first-order valence-electron chi connectivity index (χ1n) is 11.5. The van der Waals surface area contributed by atoms with Crippen molar-refractivity contribution in [3.8, 4) is 28.6 Å². The Bertz CT molecular complexity index is 1160. The highest BCUT2D eigenvalue weighted by Gasteiger charge is 2.17. The number of pyridine rings is 1. The second kappa shape index (κ2) is 11.9. The summed E-state index contributed by atoms with van der Waals surface area (Å²) < 4.78 is 11.4. The molecule has 3 aromatic rings. The van der Waals surface area contributed by atoms with E-state index in [1.54, 1.807) is 0 Å². The Balaban J connectivity index is 1.79. The molecule has 0 saturated heterocycles. The number of carbonyl (C=O) groups excluding carboxylic acids is 1. The van der Waals surface area contributed by atoms with Crippen LogP contribution in [0.4, 0.5) is 0 Å². The molecule has 0 aliphatic carbocycles. The molecule has 0 bridgehead atoms. The number of amides is 1. The van der Waals surface area contributed by atoms with Crippen LogP contribution >= 0.6 is 0 Å². The van der Waals surface area contributed by atoms with Crippen LogP contribution in [0.15, 0.2) is 28.8 Å². The maximum Gasteiger partial charge on any atom is 0.258 e. The Morgan fingerprint density at radius 1 is 1.17 bits per heavy atom. The molecule has 188 valence electrons. The molecule has 3 N–H and O–H groups in total. The lowest BCUT2D eigenvalue weighted by Crippen LogP contribution is -2.36. The van der Waals surface area contributed by atoms with E-state index in [2.05, 4.69) is 20.4 Å². The Kier molecular flexibility index (Phi) is 8.91. The molecule has 2 aromatic heterocycles. The zero-order valence-electron chi connectivity index (χ0n) is 20.8. The van der Waals surface area contributed by atoms with Gasteiger partial charge in [0.25, 0.3) is 5.89 Å². The van der Waals surface area contributed by atoms with Gasteiger partial charge < -0.3 is 29.7 Å². The summed E-state index contributed by atoms with van der Waals surface area (Å²) in [5, 5.41) is 25.5. The Labute approximate surface area is 205 Å². The Morgan fingerprint density at radius 3 is 2.63 bits per heavy atom. The highest BCUT2D eigenvalue weighted by molar-refractivity contribution is 5.76. The monoisotopic (exact) mass is 483 g/mol. The highest BCUT2D eigenvalue weighted by atomic mass is 16.5. The lowest BCUT2D eigenvalue weighted by molar-refractivity contribution is -0.124. The van der Waals surface area contributed by atoms with Crippen LogP contribution in [0.1, 0.15) is 29.4 Å². The summed E-state index contributed by atoms with van der Waals surface area (Å²) >= 11 is 0. The van der Waals surface area contributed by atoms with E-state index in [4.69, 9.17) is 14.4 Å². The van der Waals surface area contributed by atoms with Crippen LogP contribution in [0, 0.1) is 13.8 Å². The van der Waals surface area contributed by atoms with Gasteiger partial charge >= 0.3 is 0 Å². The smallest absolute Gasteiger partial charge is 0.258 e. The SMILES string of the molecule is CCc1cc(-c2noc(-c3cc(C)nc(CN(C)C)c3)n2)cc(C)c1OC[C@@H](O)CNC(=O)CO. The first-order chi connectivity index (χ1) is 16.7. The van der Waals surface area contributed by atoms with E-state index in [9.17, 15) is 9.90 Å². The summed E-state index contributed by atoms with van der Waals surface area (Å²) in [6.07, 6.45) is -0.209. The normalized spacial score (nSPS) is 12.1. The number of aromatic nitrogens is 3. The molecule has 0 aliphatic heterocycles. The minimum absolute atomic E-state index is 0.00191. The quantitative estimate of drug-likeness (QED) is 0.374. The van der Waals surface area contributed by atoms with Gasteiger partial charge in [-0.3, -0.25) is 9.78 Å². The van der Waals surface area contributed by atoms with E-state index in [-0.39, 0.29) is 13.2 Å². The van der Waals surface area contributed by atoms with E-state index in [1.807, 2.05) is 64.0 Å². The topological polar surface area (TPSA) is 134 Å². The largest absolute Gasteiger partial charge is 0.490 e. The summed E-state index contributed by atoms with van der Waals surface area (Å²) in [4.78, 5) is 22.4. The maximum atomic E-state index is 11.1. The number of aliphatic hydroxyl groups excluding tert-OH is 2. The summed E-state index contributed by atoms with van der Waals surface area (Å²) in [6, 6.07) is 7.74. The van der Waals surface area contributed by atoms with Crippen LogP contribution < -0.4 is 10.1 Å². The number of ether oxygens (including phenoxy) is 1. The molecule has 0 spiro atoms. The zero-order valence-corrected chi connectivity index (χ0v) is 20.8. The molecule has 10 nitrogen and oxygen atoms in total. The van der Waals surface area contributed by atoms with Crippen molar-refractivity contribution in [2.45, 2.75) is 39.8 Å². The Morgan fingerprint density at radius 2 is 1.94 bits per heavy atom. The second-order valence-electron chi connectivity index (χ2n) is 8.71. The molecule has 1 atom stereocenters. The summed E-state index contributed by atoms with van der Waals surface area (Å²) in [5.41, 5.74) is 5.23. The van der Waals surface area contributed by atoms with Gasteiger partial charge in [0.1, 0.15) is 25.1 Å². The van der Waals surface area contributed by atoms with Crippen LogP contribution in [0.25, 0.3) is 22.8 Å². The first kappa shape index (κ1) is 26.3. The van der Waals surface area contributed by atoms with Crippen molar-refractivity contribution in [3.63, 3.8) is 0 Å². The molecule has 0 aliphatic rings. The van der Waals surface area contributed by atoms with Gasteiger partial charge in [-0.05, 0) is 69.8 Å². The maximum absolute atomic E-state index is 11.1. The number of benzene rings is 1. The van der Waals surface area contributed by atoms with E-state index < -0.39 is 18.6 Å². The molecular weight excluding hydrogens is 450 g/mol. The number of hydrogen-bond donors (Lipinski definition) is 3. The van der Waals surface area contributed by atoms with Gasteiger partial charge in [-0.15, -0.1) is 0 Å². The highest BCUT2D eigenvalue weighted by Crippen LogP contribution is 2.31. The average Bonchev–Trinajstić information content (AvgIpc) is 3.31. The van der Waals surface area contributed by atoms with Crippen molar-refractivity contribution < 1.29 is 24.3 Å². The minimum atomic E-state index is -0.907. The molecule has 1 aromatic carbocycles. The Hall–Kier alpha value is -3.34. The lowest BCUT2D eigenvalue weighted by Gasteiger charge is -2.17. The molecule has 35 heavy (non-hydrogen) atoms. The van der Waals surface area contributed by atoms with Crippen LogP contribution in [-0.2, 0) is 17.8 Å².